The molecule has 1 N–H and O–H groups in total. The molecule has 2 aliphatic rings. The molecule has 0 atom stereocenters. The number of carbonyl (C=O) groups excluding carboxylic acids is 1. The highest BCUT2D eigenvalue weighted by molar-refractivity contribution is 5.84. The maximum atomic E-state index is 12.8. The zero-order chi connectivity index (χ0) is 21.2. The molecular formula is C24H26N2O4. The van der Waals surface area contributed by atoms with E-state index in [0.29, 0.717) is 31.7 Å². The molecule has 0 aromatic heterocycles. The largest absolute Gasteiger partial charge is 0.504 e. The summed E-state index contributed by atoms with van der Waals surface area (Å²) < 4.78 is 10.7. The number of nitrogens with zero attached hydrogens (tertiary/aromatic N) is 2. The van der Waals surface area contributed by atoms with Crippen LogP contribution in [0.5, 0.6) is 11.5 Å². The van der Waals surface area contributed by atoms with Crippen molar-refractivity contribution in [3.8, 4) is 11.5 Å². The second-order valence-electron chi connectivity index (χ2n) is 8.11. The van der Waals surface area contributed by atoms with Gasteiger partial charge in [0.1, 0.15) is 12.1 Å². The number of phenols is 1. The summed E-state index contributed by atoms with van der Waals surface area (Å²) in [6.45, 7) is 9.42. The molecule has 30 heavy (non-hydrogen) atoms. The fourth-order valence-electron chi connectivity index (χ4n) is 4.37. The number of likely N-dealkylation sites (tertiary alicyclic amines) is 1. The Morgan fingerprint density at radius 3 is 2.40 bits per heavy atom. The highest BCUT2D eigenvalue weighted by Gasteiger charge is 2.58. The maximum Gasteiger partial charge on any atom is 0.326 e. The standard InChI is InChI=1S/C24H26N2O4/c1-25-23(19-8-9-21(29-2)20(27)16-19)12-14-26(15-13-23)24(10-11-24)22(28)30-17-18-6-4-3-5-7-18/h3-9,16,27H,10-15,17H2,2H3. The highest BCUT2D eigenvalue weighted by atomic mass is 16.5. The summed E-state index contributed by atoms with van der Waals surface area (Å²) in [5.74, 6) is 0.279. The Balaban J connectivity index is 1.42. The zero-order valence-electron chi connectivity index (χ0n) is 17.1. The number of esters is 1. The molecule has 156 valence electrons. The first kappa shape index (κ1) is 20.2. The van der Waals surface area contributed by atoms with Gasteiger partial charge in [-0.15, -0.1) is 0 Å². The number of methoxy groups -OCH3 is 1. The molecule has 2 aromatic rings. The molecule has 6 nitrogen and oxygen atoms in total. The maximum absolute atomic E-state index is 12.8. The smallest absolute Gasteiger partial charge is 0.326 e. The van der Waals surface area contributed by atoms with Gasteiger partial charge in [-0.25, -0.2) is 6.57 Å². The van der Waals surface area contributed by atoms with Gasteiger partial charge in [-0.3, -0.25) is 9.69 Å². The van der Waals surface area contributed by atoms with Crippen molar-refractivity contribution in [2.75, 3.05) is 20.2 Å². The molecule has 0 amide bonds. The first-order valence-corrected chi connectivity index (χ1v) is 10.3. The zero-order valence-corrected chi connectivity index (χ0v) is 17.1. The van der Waals surface area contributed by atoms with E-state index in [1.807, 2.05) is 36.4 Å². The summed E-state index contributed by atoms with van der Waals surface area (Å²) in [5.41, 5.74) is 0.550. The molecule has 2 aromatic carbocycles. The van der Waals surface area contributed by atoms with Gasteiger partial charge >= 0.3 is 5.97 Å². The van der Waals surface area contributed by atoms with Gasteiger partial charge in [-0.05, 0) is 36.6 Å². The lowest BCUT2D eigenvalue weighted by molar-refractivity contribution is -0.154. The molecule has 0 spiro atoms. The number of hydrogen-bond acceptors (Lipinski definition) is 5. The van der Waals surface area contributed by atoms with Crippen LogP contribution >= 0.6 is 0 Å². The fraction of sp³-hybridized carbons (Fsp3) is 0.417. The molecule has 1 saturated carbocycles. The van der Waals surface area contributed by atoms with E-state index in [9.17, 15) is 9.90 Å². The predicted octanol–water partition coefficient (Wildman–Crippen LogP) is 3.89. The van der Waals surface area contributed by atoms with Gasteiger partial charge in [0.15, 0.2) is 11.5 Å². The summed E-state index contributed by atoms with van der Waals surface area (Å²) in [4.78, 5) is 19.0. The Bertz CT molecular complexity index is 955. The van der Waals surface area contributed by atoms with Crippen LogP contribution in [0.2, 0.25) is 0 Å². The van der Waals surface area contributed by atoms with E-state index in [-0.39, 0.29) is 18.3 Å². The molecule has 1 heterocycles. The van der Waals surface area contributed by atoms with Gasteiger partial charge in [0.05, 0.1) is 7.11 Å². The lowest BCUT2D eigenvalue weighted by Crippen LogP contribution is -2.51. The Kier molecular flexibility index (Phi) is 5.40. The summed E-state index contributed by atoms with van der Waals surface area (Å²) in [7, 11) is 1.50. The van der Waals surface area contributed by atoms with E-state index in [4.69, 9.17) is 16.0 Å². The Hall–Kier alpha value is -3.04. The number of ether oxygens (including phenoxy) is 2. The van der Waals surface area contributed by atoms with E-state index in [1.165, 1.54) is 7.11 Å². The topological polar surface area (TPSA) is 63.4 Å². The molecule has 0 radical (unpaired) electrons. The van der Waals surface area contributed by atoms with Gasteiger partial charge < -0.3 is 19.4 Å². The number of aromatic hydroxyl groups is 1. The molecule has 2 fully saturated rings. The van der Waals surface area contributed by atoms with Crippen molar-refractivity contribution in [1.82, 2.24) is 4.90 Å². The van der Waals surface area contributed by atoms with Gasteiger partial charge in [0.2, 0.25) is 0 Å². The van der Waals surface area contributed by atoms with Crippen molar-refractivity contribution in [2.45, 2.75) is 43.4 Å². The monoisotopic (exact) mass is 406 g/mol. The van der Waals surface area contributed by atoms with Gasteiger partial charge in [0, 0.05) is 31.5 Å². The normalized spacial score (nSPS) is 19.5. The third-order valence-corrected chi connectivity index (χ3v) is 6.44. The van der Waals surface area contributed by atoms with Crippen LogP contribution in [0.15, 0.2) is 48.5 Å². The van der Waals surface area contributed by atoms with Crippen molar-refractivity contribution >= 4 is 5.97 Å². The van der Waals surface area contributed by atoms with Crippen LogP contribution in [0.25, 0.3) is 4.85 Å². The predicted molar refractivity (Wildman–Crippen MR) is 112 cm³/mol. The van der Waals surface area contributed by atoms with Gasteiger partial charge in [0.25, 0.3) is 5.54 Å². The molecule has 4 rings (SSSR count). The van der Waals surface area contributed by atoms with E-state index >= 15 is 0 Å². The number of rotatable bonds is 6. The van der Waals surface area contributed by atoms with E-state index in [0.717, 1.165) is 24.0 Å². The van der Waals surface area contributed by atoms with Crippen LogP contribution < -0.4 is 4.74 Å². The van der Waals surface area contributed by atoms with Crippen molar-refractivity contribution < 1.29 is 19.4 Å². The molecule has 1 aliphatic carbocycles. The number of benzene rings is 2. The lowest BCUT2D eigenvalue weighted by Gasteiger charge is -2.38. The van der Waals surface area contributed by atoms with Crippen LogP contribution in [0.4, 0.5) is 0 Å². The third-order valence-electron chi connectivity index (χ3n) is 6.44. The Morgan fingerprint density at radius 1 is 1.13 bits per heavy atom. The first-order chi connectivity index (χ1) is 14.5. The van der Waals surface area contributed by atoms with E-state index < -0.39 is 11.1 Å². The summed E-state index contributed by atoms with van der Waals surface area (Å²) in [5, 5.41) is 10.1. The highest BCUT2D eigenvalue weighted by Crippen LogP contribution is 2.48. The summed E-state index contributed by atoms with van der Waals surface area (Å²) >= 11 is 0. The third kappa shape index (κ3) is 3.61. The first-order valence-electron chi connectivity index (χ1n) is 10.3. The summed E-state index contributed by atoms with van der Waals surface area (Å²) in [6, 6.07) is 14.9. The second kappa shape index (κ2) is 8.00. The van der Waals surface area contributed by atoms with Crippen LogP contribution in [-0.4, -0.2) is 41.7 Å². The number of phenolic OH excluding ortho intramolecular Hbond substituents is 1. The fourth-order valence-corrected chi connectivity index (χ4v) is 4.37. The van der Waals surface area contributed by atoms with Crippen molar-refractivity contribution in [3.05, 3.63) is 71.1 Å². The van der Waals surface area contributed by atoms with Crippen molar-refractivity contribution in [3.63, 3.8) is 0 Å². The minimum atomic E-state index is -0.690. The summed E-state index contributed by atoms with van der Waals surface area (Å²) in [6.07, 6.45) is 2.82. The molecule has 1 saturated heterocycles. The van der Waals surface area contributed by atoms with Crippen molar-refractivity contribution in [2.24, 2.45) is 0 Å². The average Bonchev–Trinajstić information content (AvgIpc) is 3.60. The Morgan fingerprint density at radius 2 is 1.83 bits per heavy atom. The van der Waals surface area contributed by atoms with Crippen LogP contribution in [0.1, 0.15) is 36.8 Å². The van der Waals surface area contributed by atoms with Crippen LogP contribution in [0, 0.1) is 6.57 Å². The molecule has 0 bridgehead atoms. The SMILES string of the molecule is [C-]#[N+]C1(c2ccc(OC)c(O)c2)CCN(C2(C(=O)OCc3ccccc3)CC2)CC1. The number of carbonyl (C=O) groups is 1. The minimum absolute atomic E-state index is 0.0450. The molecule has 0 unspecified atom stereocenters. The van der Waals surface area contributed by atoms with Crippen LogP contribution in [0.3, 0.4) is 0 Å². The van der Waals surface area contributed by atoms with Gasteiger partial charge in [-0.1, -0.05) is 30.3 Å². The molecule has 1 aliphatic heterocycles. The second-order valence-corrected chi connectivity index (χ2v) is 8.11. The molecular weight excluding hydrogens is 380 g/mol. The molecule has 6 heteroatoms. The Labute approximate surface area is 176 Å². The van der Waals surface area contributed by atoms with E-state index in [2.05, 4.69) is 9.74 Å². The average molecular weight is 406 g/mol. The quantitative estimate of drug-likeness (QED) is 0.583. The van der Waals surface area contributed by atoms with E-state index in [1.54, 1.807) is 12.1 Å². The number of hydrogen-bond donors (Lipinski definition) is 1. The lowest BCUT2D eigenvalue weighted by atomic mass is 9.81. The van der Waals surface area contributed by atoms with Crippen LogP contribution in [-0.2, 0) is 21.7 Å². The van der Waals surface area contributed by atoms with Gasteiger partial charge in [-0.2, -0.15) is 0 Å². The minimum Gasteiger partial charge on any atom is -0.504 e. The number of piperidine rings is 1. The van der Waals surface area contributed by atoms with Crippen molar-refractivity contribution in [1.29, 1.82) is 0 Å².